The van der Waals surface area contributed by atoms with Gasteiger partial charge in [0.2, 0.25) is 0 Å². The predicted molar refractivity (Wildman–Crippen MR) is 138 cm³/mol. The molecule has 3 nitrogen and oxygen atoms in total. The van der Waals surface area contributed by atoms with Crippen LogP contribution < -0.4 is 5.73 Å². The highest BCUT2D eigenvalue weighted by molar-refractivity contribution is 7.10. The smallest absolute Gasteiger partial charge is 0.314 e. The Hall–Kier alpha value is -1.17. The molecule has 2 aromatic heterocycles. The Morgan fingerprint density at radius 3 is 1.69 bits per heavy atom. The highest BCUT2D eigenvalue weighted by Gasteiger charge is 2.41. The van der Waals surface area contributed by atoms with E-state index in [9.17, 15) is 9.90 Å². The summed E-state index contributed by atoms with van der Waals surface area (Å²) in [6.45, 7) is 8.81. The molecule has 0 aliphatic heterocycles. The normalized spacial score (nSPS) is 20.1. The molecule has 2 fully saturated rings. The second kappa shape index (κ2) is 10.8. The summed E-state index contributed by atoms with van der Waals surface area (Å²) in [4.78, 5) is 14.4. The van der Waals surface area contributed by atoms with Gasteiger partial charge in [-0.25, -0.2) is 0 Å². The molecule has 4 rings (SSSR count). The third-order valence-corrected chi connectivity index (χ3v) is 9.83. The van der Waals surface area contributed by atoms with Crippen molar-refractivity contribution in [3.05, 3.63) is 43.8 Å². The van der Waals surface area contributed by atoms with Crippen LogP contribution in [-0.4, -0.2) is 11.1 Å². The summed E-state index contributed by atoms with van der Waals surface area (Å²) in [5.41, 5.74) is 8.32. The summed E-state index contributed by atoms with van der Waals surface area (Å²) in [6.07, 6.45) is 11.1. The van der Waals surface area contributed by atoms with Crippen LogP contribution in [0.1, 0.15) is 125 Å². The van der Waals surface area contributed by atoms with Crippen molar-refractivity contribution in [2.24, 2.45) is 5.73 Å². The fraction of sp³-hybridized carbons (Fsp3) is 0.667. The van der Waals surface area contributed by atoms with E-state index in [0.29, 0.717) is 11.8 Å². The Morgan fingerprint density at radius 2 is 1.25 bits per heavy atom. The van der Waals surface area contributed by atoms with Gasteiger partial charge in [0.25, 0.3) is 0 Å². The maximum Gasteiger partial charge on any atom is 0.314 e. The van der Waals surface area contributed by atoms with Crippen LogP contribution in [0.4, 0.5) is 0 Å². The minimum atomic E-state index is -0.634. The molecule has 2 aromatic rings. The standard InChI is InChI=1S/C14H20O2S.C13H21NS/c1-10(2)12-8-11(9-17-12)14(13(15)16)6-4-3-5-7-14;1-10(2)12-8-11(9-15-12)13(14)6-4-3-5-7-13/h8-10H,3-7H2,1-2H3,(H,15,16);8-10H,3-7,14H2,1-2H3. The maximum atomic E-state index is 11.7. The Kier molecular flexibility index (Phi) is 8.62. The zero-order valence-electron chi connectivity index (χ0n) is 20.3. The topological polar surface area (TPSA) is 63.3 Å². The summed E-state index contributed by atoms with van der Waals surface area (Å²) in [7, 11) is 0. The van der Waals surface area contributed by atoms with E-state index in [4.69, 9.17) is 5.73 Å². The molecule has 0 amide bonds. The minimum absolute atomic E-state index is 0.0120. The highest BCUT2D eigenvalue weighted by atomic mass is 32.1. The van der Waals surface area contributed by atoms with Gasteiger partial charge in [-0.05, 0) is 71.5 Å². The van der Waals surface area contributed by atoms with Gasteiger partial charge in [-0.1, -0.05) is 66.2 Å². The van der Waals surface area contributed by atoms with Crippen LogP contribution in [0.2, 0.25) is 0 Å². The Bertz CT molecular complexity index is 868. The van der Waals surface area contributed by atoms with E-state index < -0.39 is 11.4 Å². The lowest BCUT2D eigenvalue weighted by Crippen LogP contribution is -2.38. The maximum absolute atomic E-state index is 11.7. The van der Waals surface area contributed by atoms with E-state index in [2.05, 4.69) is 50.6 Å². The van der Waals surface area contributed by atoms with E-state index in [1.54, 1.807) is 11.3 Å². The van der Waals surface area contributed by atoms with Gasteiger partial charge in [0.05, 0.1) is 5.41 Å². The molecular formula is C27H41NO2S2. The van der Waals surface area contributed by atoms with E-state index in [0.717, 1.165) is 31.2 Å². The fourth-order valence-electron chi connectivity index (χ4n) is 5.08. The second-order valence-corrected chi connectivity index (χ2v) is 12.3. The largest absolute Gasteiger partial charge is 0.481 e. The SMILES string of the molecule is CC(C)c1cc(C2(C(=O)O)CCCCC2)cs1.CC(C)c1cc(C2(N)CCCCC2)cs1. The molecule has 0 saturated heterocycles. The molecule has 3 N–H and O–H groups in total. The van der Waals surface area contributed by atoms with E-state index in [1.807, 2.05) is 11.3 Å². The lowest BCUT2D eigenvalue weighted by Gasteiger charge is -2.33. The number of carboxylic acid groups (broad SMARTS) is 1. The molecule has 0 bridgehead atoms. The number of carbonyl (C=O) groups is 1. The molecule has 0 atom stereocenters. The quantitative estimate of drug-likeness (QED) is 0.458. The molecule has 2 saturated carbocycles. The first kappa shape index (κ1) is 25.5. The molecule has 2 aliphatic rings. The summed E-state index contributed by atoms with van der Waals surface area (Å²) >= 11 is 3.57. The van der Waals surface area contributed by atoms with Crippen LogP contribution >= 0.6 is 22.7 Å². The number of thiophene rings is 2. The minimum Gasteiger partial charge on any atom is -0.481 e. The van der Waals surface area contributed by atoms with E-state index in [-0.39, 0.29) is 5.54 Å². The average molecular weight is 476 g/mol. The van der Waals surface area contributed by atoms with Crippen molar-refractivity contribution in [2.75, 3.05) is 0 Å². The van der Waals surface area contributed by atoms with E-state index >= 15 is 0 Å². The number of hydrogen-bond donors (Lipinski definition) is 2. The van der Waals surface area contributed by atoms with Crippen molar-refractivity contribution < 1.29 is 9.90 Å². The summed E-state index contributed by atoms with van der Waals surface area (Å²) in [6, 6.07) is 4.45. The van der Waals surface area contributed by atoms with Gasteiger partial charge in [0.15, 0.2) is 0 Å². The number of rotatable bonds is 5. The molecule has 32 heavy (non-hydrogen) atoms. The number of aliphatic carboxylic acids is 1. The predicted octanol–water partition coefficient (Wildman–Crippen LogP) is 8.15. The third kappa shape index (κ3) is 5.66. The number of hydrogen-bond acceptors (Lipinski definition) is 4. The molecule has 178 valence electrons. The van der Waals surface area contributed by atoms with Crippen LogP contribution in [0.25, 0.3) is 0 Å². The van der Waals surface area contributed by atoms with Crippen molar-refractivity contribution >= 4 is 28.6 Å². The molecule has 2 heterocycles. The lowest BCUT2D eigenvalue weighted by molar-refractivity contribution is -0.145. The van der Waals surface area contributed by atoms with Crippen molar-refractivity contribution in [2.45, 2.75) is 115 Å². The molecular weight excluding hydrogens is 434 g/mol. The van der Waals surface area contributed by atoms with E-state index in [1.165, 1.54) is 53.8 Å². The summed E-state index contributed by atoms with van der Waals surface area (Å²) < 4.78 is 0. The second-order valence-electron chi connectivity index (χ2n) is 10.4. The molecule has 0 unspecified atom stereocenters. The van der Waals surface area contributed by atoms with Gasteiger partial charge in [0.1, 0.15) is 0 Å². The third-order valence-electron chi connectivity index (χ3n) is 7.37. The van der Waals surface area contributed by atoms with Gasteiger partial charge < -0.3 is 10.8 Å². The molecule has 0 spiro atoms. The van der Waals surface area contributed by atoms with Crippen LogP contribution in [0.15, 0.2) is 22.9 Å². The van der Waals surface area contributed by atoms with Gasteiger partial charge in [-0.2, -0.15) is 0 Å². The van der Waals surface area contributed by atoms with Crippen molar-refractivity contribution in [1.29, 1.82) is 0 Å². The summed E-state index contributed by atoms with van der Waals surface area (Å²) in [5.74, 6) is 0.490. The fourth-order valence-corrected chi connectivity index (χ4v) is 7.13. The van der Waals surface area contributed by atoms with Crippen LogP contribution in [-0.2, 0) is 15.7 Å². The van der Waals surface area contributed by atoms with Gasteiger partial charge in [-0.3, -0.25) is 4.79 Å². The van der Waals surface area contributed by atoms with Gasteiger partial charge in [0, 0.05) is 15.3 Å². The highest BCUT2D eigenvalue weighted by Crippen LogP contribution is 2.42. The zero-order chi connectivity index (χ0) is 23.4. The average Bonchev–Trinajstić information content (AvgIpc) is 3.46. The molecule has 0 radical (unpaired) electrons. The van der Waals surface area contributed by atoms with Crippen LogP contribution in [0.5, 0.6) is 0 Å². The Balaban J connectivity index is 0.000000182. The van der Waals surface area contributed by atoms with Crippen LogP contribution in [0.3, 0.4) is 0 Å². The monoisotopic (exact) mass is 475 g/mol. The Morgan fingerprint density at radius 1 is 0.812 bits per heavy atom. The first-order valence-corrected chi connectivity index (χ1v) is 14.1. The molecule has 0 aromatic carbocycles. The van der Waals surface area contributed by atoms with Crippen molar-refractivity contribution in [3.8, 4) is 0 Å². The van der Waals surface area contributed by atoms with Crippen LogP contribution in [0, 0.1) is 0 Å². The number of carboxylic acids is 1. The first-order valence-electron chi connectivity index (χ1n) is 12.4. The Labute approximate surface area is 202 Å². The van der Waals surface area contributed by atoms with Gasteiger partial charge >= 0.3 is 5.97 Å². The molecule has 5 heteroatoms. The molecule has 2 aliphatic carbocycles. The lowest BCUT2D eigenvalue weighted by atomic mass is 9.70. The van der Waals surface area contributed by atoms with Crippen molar-refractivity contribution in [3.63, 3.8) is 0 Å². The van der Waals surface area contributed by atoms with Gasteiger partial charge in [-0.15, -0.1) is 22.7 Å². The first-order chi connectivity index (χ1) is 15.2. The van der Waals surface area contributed by atoms with Crippen molar-refractivity contribution in [1.82, 2.24) is 0 Å². The summed E-state index contributed by atoms with van der Waals surface area (Å²) in [5, 5.41) is 13.9. The number of nitrogens with two attached hydrogens (primary N) is 1. The zero-order valence-corrected chi connectivity index (χ0v) is 21.9.